The zero-order valence-corrected chi connectivity index (χ0v) is 12.1. The average Bonchev–Trinajstić information content (AvgIpc) is 2.47. The number of aryl methyl sites for hydroxylation is 1. The minimum atomic E-state index is -0.502. The minimum Gasteiger partial charge on any atom is -0.487 e. The van der Waals surface area contributed by atoms with Gasteiger partial charge in [-0.1, -0.05) is 23.7 Å². The molecule has 0 aliphatic rings. The van der Waals surface area contributed by atoms with Crippen LogP contribution in [-0.2, 0) is 6.61 Å². The number of nitrogens with one attached hydrogen (secondary N) is 1. The third-order valence-corrected chi connectivity index (χ3v) is 3.21. The van der Waals surface area contributed by atoms with Crippen molar-refractivity contribution in [3.8, 4) is 5.75 Å². The van der Waals surface area contributed by atoms with E-state index in [1.807, 2.05) is 19.1 Å². The molecular formula is C14H14ClN3O3. The molecule has 0 aromatic heterocycles. The van der Waals surface area contributed by atoms with Gasteiger partial charge in [0.2, 0.25) is 0 Å². The lowest BCUT2D eigenvalue weighted by atomic mass is 10.2. The number of nitrogens with zero attached hydrogens (tertiary/aromatic N) is 1. The van der Waals surface area contributed by atoms with Gasteiger partial charge in [-0.25, -0.2) is 0 Å². The largest absolute Gasteiger partial charge is 0.487 e. The Hall–Kier alpha value is -2.31. The molecule has 0 heterocycles. The Bertz CT molecular complexity index is 677. The molecule has 0 radical (unpaired) electrons. The molecule has 0 atom stereocenters. The number of anilines is 1. The molecule has 0 aliphatic heterocycles. The molecule has 0 amide bonds. The number of nitro benzene ring substituents is 1. The highest BCUT2D eigenvalue weighted by atomic mass is 35.5. The van der Waals surface area contributed by atoms with E-state index in [2.05, 4.69) is 5.43 Å². The third kappa shape index (κ3) is 3.62. The van der Waals surface area contributed by atoms with Gasteiger partial charge in [-0.3, -0.25) is 16.0 Å². The van der Waals surface area contributed by atoms with E-state index in [9.17, 15) is 10.1 Å². The summed E-state index contributed by atoms with van der Waals surface area (Å²) >= 11 is 6.03. The van der Waals surface area contributed by atoms with Crippen LogP contribution in [0.1, 0.15) is 11.1 Å². The first-order chi connectivity index (χ1) is 10.0. The van der Waals surface area contributed by atoms with Gasteiger partial charge in [-0.15, -0.1) is 0 Å². The molecule has 0 saturated heterocycles. The normalized spacial score (nSPS) is 10.2. The highest BCUT2D eigenvalue weighted by molar-refractivity contribution is 6.32. The predicted molar refractivity (Wildman–Crippen MR) is 81.4 cm³/mol. The average molecular weight is 308 g/mol. The summed E-state index contributed by atoms with van der Waals surface area (Å²) in [5, 5.41) is 11.4. The van der Waals surface area contributed by atoms with Crippen LogP contribution in [0.4, 0.5) is 11.4 Å². The van der Waals surface area contributed by atoms with E-state index < -0.39 is 4.92 Å². The zero-order valence-electron chi connectivity index (χ0n) is 11.3. The summed E-state index contributed by atoms with van der Waals surface area (Å²) in [5.41, 5.74) is 4.10. The Morgan fingerprint density at radius 2 is 2.10 bits per heavy atom. The quantitative estimate of drug-likeness (QED) is 0.502. The van der Waals surface area contributed by atoms with Gasteiger partial charge in [0.1, 0.15) is 18.0 Å². The molecule has 0 saturated carbocycles. The van der Waals surface area contributed by atoms with E-state index >= 15 is 0 Å². The number of nitrogens with two attached hydrogens (primary N) is 1. The maximum absolute atomic E-state index is 11.0. The first-order valence-corrected chi connectivity index (χ1v) is 6.52. The number of halogens is 1. The van der Waals surface area contributed by atoms with Gasteiger partial charge in [0.05, 0.1) is 9.95 Å². The van der Waals surface area contributed by atoms with Crippen LogP contribution in [0.25, 0.3) is 0 Å². The maximum atomic E-state index is 11.0. The summed E-state index contributed by atoms with van der Waals surface area (Å²) in [5.74, 6) is 5.78. The summed E-state index contributed by atoms with van der Waals surface area (Å²) in [6.07, 6.45) is 0. The predicted octanol–water partition coefficient (Wildman–Crippen LogP) is 3.42. The Morgan fingerprint density at radius 1 is 1.33 bits per heavy atom. The Kier molecular flexibility index (Phi) is 4.62. The van der Waals surface area contributed by atoms with Crippen molar-refractivity contribution in [1.29, 1.82) is 0 Å². The monoisotopic (exact) mass is 307 g/mol. The topological polar surface area (TPSA) is 90.4 Å². The molecular weight excluding hydrogens is 294 g/mol. The lowest BCUT2D eigenvalue weighted by Crippen LogP contribution is -2.09. The van der Waals surface area contributed by atoms with E-state index in [0.29, 0.717) is 16.3 Å². The fourth-order valence-electron chi connectivity index (χ4n) is 1.82. The molecule has 110 valence electrons. The standard InChI is InChI=1S/C14H14ClN3O3/c1-9-2-4-11(15)14(6-9)21-8-10-3-5-12(17-16)13(7-10)18(19)20/h2-7,17H,8,16H2,1H3. The van der Waals surface area contributed by atoms with Crippen LogP contribution >= 0.6 is 11.6 Å². The van der Waals surface area contributed by atoms with Gasteiger partial charge in [0.15, 0.2) is 0 Å². The second-order valence-electron chi connectivity index (χ2n) is 4.48. The van der Waals surface area contributed by atoms with Crippen molar-refractivity contribution in [2.45, 2.75) is 13.5 Å². The van der Waals surface area contributed by atoms with Crippen LogP contribution in [-0.4, -0.2) is 4.92 Å². The number of hydrazine groups is 1. The highest BCUT2D eigenvalue weighted by Crippen LogP contribution is 2.28. The first-order valence-electron chi connectivity index (χ1n) is 6.14. The molecule has 2 aromatic carbocycles. The fourth-order valence-corrected chi connectivity index (χ4v) is 1.99. The summed E-state index contributed by atoms with van der Waals surface area (Å²) in [6.45, 7) is 2.10. The molecule has 0 spiro atoms. The van der Waals surface area contributed by atoms with Crippen molar-refractivity contribution in [3.63, 3.8) is 0 Å². The molecule has 0 unspecified atom stereocenters. The van der Waals surface area contributed by atoms with Gasteiger partial charge < -0.3 is 10.2 Å². The zero-order chi connectivity index (χ0) is 15.4. The van der Waals surface area contributed by atoms with Gasteiger partial charge in [-0.2, -0.15) is 0 Å². The molecule has 7 heteroatoms. The number of rotatable bonds is 5. The summed E-state index contributed by atoms with van der Waals surface area (Å²) < 4.78 is 5.61. The van der Waals surface area contributed by atoms with Crippen LogP contribution in [0.15, 0.2) is 36.4 Å². The maximum Gasteiger partial charge on any atom is 0.294 e. The molecule has 2 aromatic rings. The molecule has 3 N–H and O–H groups in total. The lowest BCUT2D eigenvalue weighted by Gasteiger charge is -2.10. The van der Waals surface area contributed by atoms with E-state index in [1.165, 1.54) is 12.1 Å². The molecule has 2 rings (SSSR count). The fraction of sp³-hybridized carbons (Fsp3) is 0.143. The van der Waals surface area contributed by atoms with Gasteiger partial charge in [0.25, 0.3) is 5.69 Å². The van der Waals surface area contributed by atoms with E-state index in [-0.39, 0.29) is 18.0 Å². The van der Waals surface area contributed by atoms with Crippen LogP contribution in [0.5, 0.6) is 5.75 Å². The SMILES string of the molecule is Cc1ccc(Cl)c(OCc2ccc(NN)c([N+](=O)[O-])c2)c1. The first kappa shape index (κ1) is 15.1. The minimum absolute atomic E-state index is 0.103. The van der Waals surface area contributed by atoms with E-state index in [1.54, 1.807) is 12.1 Å². The third-order valence-electron chi connectivity index (χ3n) is 2.90. The van der Waals surface area contributed by atoms with Crippen molar-refractivity contribution >= 4 is 23.0 Å². The molecule has 0 aliphatic carbocycles. The summed E-state index contributed by atoms with van der Waals surface area (Å²) in [6, 6.07) is 10.1. The van der Waals surface area contributed by atoms with Crippen LogP contribution in [0.2, 0.25) is 5.02 Å². The van der Waals surface area contributed by atoms with Crippen LogP contribution in [0, 0.1) is 17.0 Å². The molecule has 21 heavy (non-hydrogen) atoms. The van der Waals surface area contributed by atoms with E-state index in [4.69, 9.17) is 22.2 Å². The number of nitrogen functional groups attached to an aromatic ring is 1. The van der Waals surface area contributed by atoms with Crippen molar-refractivity contribution < 1.29 is 9.66 Å². The van der Waals surface area contributed by atoms with Crippen LogP contribution < -0.4 is 16.0 Å². The Balaban J connectivity index is 2.18. The Morgan fingerprint density at radius 3 is 2.76 bits per heavy atom. The van der Waals surface area contributed by atoms with Crippen molar-refractivity contribution in [3.05, 3.63) is 62.7 Å². The van der Waals surface area contributed by atoms with Gasteiger partial charge in [-0.05, 0) is 36.2 Å². The summed E-state index contributed by atoms with van der Waals surface area (Å²) in [4.78, 5) is 10.5. The lowest BCUT2D eigenvalue weighted by molar-refractivity contribution is -0.384. The number of benzene rings is 2. The van der Waals surface area contributed by atoms with E-state index in [0.717, 1.165) is 5.56 Å². The molecule has 0 fully saturated rings. The van der Waals surface area contributed by atoms with Crippen LogP contribution in [0.3, 0.4) is 0 Å². The van der Waals surface area contributed by atoms with Crippen molar-refractivity contribution in [2.24, 2.45) is 5.84 Å². The molecule has 0 bridgehead atoms. The number of nitro groups is 1. The smallest absolute Gasteiger partial charge is 0.294 e. The highest BCUT2D eigenvalue weighted by Gasteiger charge is 2.14. The van der Waals surface area contributed by atoms with Gasteiger partial charge in [0, 0.05) is 6.07 Å². The second kappa shape index (κ2) is 6.43. The van der Waals surface area contributed by atoms with Crippen molar-refractivity contribution in [1.82, 2.24) is 0 Å². The van der Waals surface area contributed by atoms with Crippen molar-refractivity contribution in [2.75, 3.05) is 5.43 Å². The number of hydrogen-bond acceptors (Lipinski definition) is 5. The number of hydrogen-bond donors (Lipinski definition) is 2. The Labute approximate surface area is 126 Å². The van der Waals surface area contributed by atoms with Gasteiger partial charge >= 0.3 is 0 Å². The molecule has 6 nitrogen and oxygen atoms in total. The summed E-state index contributed by atoms with van der Waals surface area (Å²) in [7, 11) is 0. The second-order valence-corrected chi connectivity index (χ2v) is 4.88. The number of ether oxygens (including phenoxy) is 1.